The summed E-state index contributed by atoms with van der Waals surface area (Å²) in [5.41, 5.74) is 8.35. The molecule has 4 N–H and O–H groups in total. The number of benzene rings is 1. The molecule has 4 aromatic rings. The molecule has 1 aliphatic rings. The minimum atomic E-state index is -0.284. The first kappa shape index (κ1) is 21.2. The fraction of sp³-hybridized carbons (Fsp3) is 0.429. The van der Waals surface area contributed by atoms with E-state index in [4.69, 9.17) is 10.5 Å². The van der Waals surface area contributed by atoms with Gasteiger partial charge in [0.05, 0.1) is 25.5 Å². The van der Waals surface area contributed by atoms with Crippen LogP contribution in [0.2, 0.25) is 0 Å². The first-order chi connectivity index (χ1) is 16.1. The molecular weight excluding hydrogens is 424 g/mol. The molecule has 3 unspecified atom stereocenters. The predicted molar refractivity (Wildman–Crippen MR) is 120 cm³/mol. The molecule has 172 valence electrons. The summed E-state index contributed by atoms with van der Waals surface area (Å²) >= 11 is 0. The van der Waals surface area contributed by atoms with Crippen LogP contribution in [0.3, 0.4) is 0 Å². The Hall–Kier alpha value is -3.64. The zero-order valence-corrected chi connectivity index (χ0v) is 18.2. The van der Waals surface area contributed by atoms with Crippen LogP contribution in [0, 0.1) is 0 Å². The van der Waals surface area contributed by atoms with E-state index in [0.29, 0.717) is 35.9 Å². The molecule has 1 aliphatic heterocycles. The van der Waals surface area contributed by atoms with Crippen molar-refractivity contribution >= 4 is 22.9 Å². The van der Waals surface area contributed by atoms with Crippen molar-refractivity contribution in [3.05, 3.63) is 48.0 Å². The number of aromatic nitrogens is 8. The van der Waals surface area contributed by atoms with Crippen LogP contribution >= 0.6 is 0 Å². The number of ether oxygens (including phenoxy) is 1. The Balaban J connectivity index is 1.36. The van der Waals surface area contributed by atoms with Gasteiger partial charge in [-0.25, -0.2) is 4.98 Å². The molecule has 0 radical (unpaired) electrons. The SMILES string of the molecule is CCn1nnc(C2CCC(n3cnc4c(N)nc(NC(CO)Cc5ccccc5)nc43)O2)n1. The van der Waals surface area contributed by atoms with E-state index in [-0.39, 0.29) is 30.8 Å². The lowest BCUT2D eigenvalue weighted by Gasteiger charge is -2.17. The van der Waals surface area contributed by atoms with Gasteiger partial charge in [0.25, 0.3) is 0 Å². The van der Waals surface area contributed by atoms with E-state index in [1.807, 2.05) is 41.8 Å². The number of rotatable bonds is 8. The molecule has 0 saturated carbocycles. The lowest BCUT2D eigenvalue weighted by molar-refractivity contribution is -0.000968. The molecule has 1 saturated heterocycles. The Morgan fingerprint density at radius 2 is 2.09 bits per heavy atom. The quantitative estimate of drug-likeness (QED) is 0.359. The second-order valence-electron chi connectivity index (χ2n) is 7.96. The molecule has 3 aromatic heterocycles. The lowest BCUT2D eigenvalue weighted by atomic mass is 10.1. The molecule has 0 aliphatic carbocycles. The zero-order valence-electron chi connectivity index (χ0n) is 18.2. The topological polar surface area (TPSA) is 155 Å². The van der Waals surface area contributed by atoms with Crippen LogP contribution < -0.4 is 11.1 Å². The number of anilines is 2. The molecule has 4 heterocycles. The van der Waals surface area contributed by atoms with Crippen molar-refractivity contribution in [1.29, 1.82) is 0 Å². The van der Waals surface area contributed by atoms with Crippen molar-refractivity contribution in [3.63, 3.8) is 0 Å². The second-order valence-corrected chi connectivity index (χ2v) is 7.96. The molecular formula is C21H26N10O2. The number of nitrogen functional groups attached to an aromatic ring is 1. The van der Waals surface area contributed by atoms with Gasteiger partial charge in [0.15, 0.2) is 11.5 Å². The number of imidazole rings is 1. The minimum Gasteiger partial charge on any atom is -0.394 e. The minimum absolute atomic E-state index is 0.0751. The van der Waals surface area contributed by atoms with Crippen LogP contribution in [-0.2, 0) is 17.7 Å². The standard InChI is InChI=1S/C21H26N10O2/c1-2-31-28-19(27-29-31)15-8-9-16(33-15)30-12-23-17-18(22)25-21(26-20(17)30)24-14(11-32)10-13-6-4-3-5-7-13/h3-7,12,14-16,32H,2,8-11H2,1H3,(H3,22,24,25,26). The fourth-order valence-electron chi connectivity index (χ4n) is 3.99. The number of nitrogens with one attached hydrogen (secondary N) is 1. The first-order valence-corrected chi connectivity index (χ1v) is 11.0. The molecule has 0 amide bonds. The highest BCUT2D eigenvalue weighted by atomic mass is 16.5. The average molecular weight is 451 g/mol. The van der Waals surface area contributed by atoms with Crippen LogP contribution in [0.15, 0.2) is 36.7 Å². The molecule has 3 atom stereocenters. The molecule has 33 heavy (non-hydrogen) atoms. The summed E-state index contributed by atoms with van der Waals surface area (Å²) in [6.07, 6.45) is 3.27. The number of hydrogen-bond donors (Lipinski definition) is 3. The normalized spacial score (nSPS) is 19.2. The second kappa shape index (κ2) is 9.08. The van der Waals surface area contributed by atoms with Gasteiger partial charge >= 0.3 is 0 Å². The van der Waals surface area contributed by atoms with Gasteiger partial charge in [0, 0.05) is 0 Å². The van der Waals surface area contributed by atoms with Crippen molar-refractivity contribution in [3.8, 4) is 0 Å². The average Bonchev–Trinajstić information content (AvgIpc) is 3.58. The molecule has 12 nitrogen and oxygen atoms in total. The fourth-order valence-corrected chi connectivity index (χ4v) is 3.99. The summed E-state index contributed by atoms with van der Waals surface area (Å²) in [7, 11) is 0. The van der Waals surface area contributed by atoms with Crippen LogP contribution in [-0.4, -0.2) is 57.5 Å². The number of aliphatic hydroxyl groups is 1. The smallest absolute Gasteiger partial charge is 0.227 e. The summed E-state index contributed by atoms with van der Waals surface area (Å²) < 4.78 is 8.06. The number of fused-ring (bicyclic) bond motifs is 1. The molecule has 5 rings (SSSR count). The molecule has 1 fully saturated rings. The summed E-state index contributed by atoms with van der Waals surface area (Å²) in [6, 6.07) is 9.66. The first-order valence-electron chi connectivity index (χ1n) is 11.0. The third-order valence-electron chi connectivity index (χ3n) is 5.67. The van der Waals surface area contributed by atoms with Crippen molar-refractivity contribution in [2.75, 3.05) is 17.7 Å². The molecule has 0 bridgehead atoms. The number of aryl methyl sites for hydroxylation is 1. The van der Waals surface area contributed by atoms with Crippen LogP contribution in [0.5, 0.6) is 0 Å². The summed E-state index contributed by atoms with van der Waals surface area (Å²) in [6.45, 7) is 2.53. The van der Waals surface area contributed by atoms with Gasteiger partial charge in [-0.3, -0.25) is 4.57 Å². The van der Waals surface area contributed by atoms with Crippen LogP contribution in [0.4, 0.5) is 11.8 Å². The Bertz CT molecular complexity index is 1220. The summed E-state index contributed by atoms with van der Waals surface area (Å²) in [4.78, 5) is 14.9. The van der Waals surface area contributed by atoms with E-state index in [0.717, 1.165) is 18.4 Å². The number of hydrogen-bond acceptors (Lipinski definition) is 10. The van der Waals surface area contributed by atoms with Gasteiger partial charge < -0.3 is 20.9 Å². The highest BCUT2D eigenvalue weighted by molar-refractivity contribution is 5.83. The van der Waals surface area contributed by atoms with E-state index >= 15 is 0 Å². The van der Waals surface area contributed by atoms with E-state index in [1.165, 1.54) is 4.80 Å². The van der Waals surface area contributed by atoms with Crippen molar-refractivity contribution in [2.24, 2.45) is 0 Å². The van der Waals surface area contributed by atoms with E-state index in [2.05, 4.69) is 35.7 Å². The van der Waals surface area contributed by atoms with Gasteiger partial charge in [-0.2, -0.15) is 14.8 Å². The Labute approximate surface area is 189 Å². The Kier molecular flexibility index (Phi) is 5.84. The molecule has 12 heteroatoms. The Morgan fingerprint density at radius 3 is 2.85 bits per heavy atom. The number of tetrazole rings is 1. The van der Waals surface area contributed by atoms with Gasteiger partial charge in [0.1, 0.15) is 17.8 Å². The number of nitrogens with two attached hydrogens (primary N) is 1. The summed E-state index contributed by atoms with van der Waals surface area (Å²) in [5, 5.41) is 25.5. The van der Waals surface area contributed by atoms with E-state index in [9.17, 15) is 5.11 Å². The number of aliphatic hydroxyl groups excluding tert-OH is 1. The van der Waals surface area contributed by atoms with Gasteiger partial charge in [0.2, 0.25) is 11.8 Å². The highest BCUT2D eigenvalue weighted by Gasteiger charge is 2.32. The molecule has 0 spiro atoms. The van der Waals surface area contributed by atoms with Crippen molar-refractivity contribution in [1.82, 2.24) is 39.7 Å². The van der Waals surface area contributed by atoms with E-state index < -0.39 is 0 Å². The maximum atomic E-state index is 9.87. The molecule has 1 aromatic carbocycles. The third kappa shape index (κ3) is 4.34. The summed E-state index contributed by atoms with van der Waals surface area (Å²) in [5.74, 6) is 1.17. The zero-order chi connectivity index (χ0) is 22.8. The highest BCUT2D eigenvalue weighted by Crippen LogP contribution is 2.38. The van der Waals surface area contributed by atoms with Crippen molar-refractivity contribution in [2.45, 2.75) is 51.1 Å². The largest absolute Gasteiger partial charge is 0.394 e. The maximum Gasteiger partial charge on any atom is 0.227 e. The van der Waals surface area contributed by atoms with Crippen LogP contribution in [0.1, 0.15) is 43.5 Å². The Morgan fingerprint density at radius 1 is 1.24 bits per heavy atom. The lowest BCUT2D eigenvalue weighted by Crippen LogP contribution is -2.27. The van der Waals surface area contributed by atoms with E-state index in [1.54, 1.807) is 6.33 Å². The maximum absolute atomic E-state index is 9.87. The van der Waals surface area contributed by atoms with Gasteiger partial charge in [-0.05, 0) is 37.0 Å². The monoisotopic (exact) mass is 450 g/mol. The number of nitrogens with zero attached hydrogens (tertiary/aromatic N) is 8. The van der Waals surface area contributed by atoms with Crippen molar-refractivity contribution < 1.29 is 9.84 Å². The van der Waals surface area contributed by atoms with Gasteiger partial charge in [-0.1, -0.05) is 30.3 Å². The predicted octanol–water partition coefficient (Wildman–Crippen LogP) is 1.48. The third-order valence-corrected chi connectivity index (χ3v) is 5.67. The van der Waals surface area contributed by atoms with Gasteiger partial charge in [-0.15, -0.1) is 10.2 Å². The van der Waals surface area contributed by atoms with Crippen LogP contribution in [0.25, 0.3) is 11.2 Å².